The van der Waals surface area contributed by atoms with Crippen molar-refractivity contribution in [2.24, 2.45) is 0 Å². The predicted octanol–water partition coefficient (Wildman–Crippen LogP) is 3.85. The molecule has 0 atom stereocenters. The number of furan rings is 1. The molecule has 0 unspecified atom stereocenters. The Balaban J connectivity index is 1.82. The van der Waals surface area contributed by atoms with E-state index in [9.17, 15) is 4.79 Å². The Morgan fingerprint density at radius 1 is 1.23 bits per heavy atom. The van der Waals surface area contributed by atoms with Gasteiger partial charge in [-0.1, -0.05) is 24.1 Å². The summed E-state index contributed by atoms with van der Waals surface area (Å²) >= 11 is 0. The summed E-state index contributed by atoms with van der Waals surface area (Å²) in [6, 6.07) is 11.3. The molecule has 0 radical (unpaired) electrons. The normalized spacial score (nSPS) is 10.6. The number of benzene rings is 1. The number of carbonyl (C=O) groups is 1. The fraction of sp³-hybridized carbons (Fsp3) is 0.0476. The molecule has 0 aliphatic rings. The van der Waals surface area contributed by atoms with Crippen molar-refractivity contribution in [3.8, 4) is 34.6 Å². The Labute approximate surface area is 150 Å². The summed E-state index contributed by atoms with van der Waals surface area (Å²) in [6.45, 7) is 0.187. The summed E-state index contributed by atoms with van der Waals surface area (Å²) < 4.78 is 5.19. The summed E-state index contributed by atoms with van der Waals surface area (Å²) in [6.07, 6.45) is 12.2. The smallest absolute Gasteiger partial charge is 0.252 e. The summed E-state index contributed by atoms with van der Waals surface area (Å²) in [5.41, 5.74) is 4.96. The van der Waals surface area contributed by atoms with E-state index in [0.717, 1.165) is 33.3 Å². The molecule has 1 amide bonds. The number of amides is 1. The summed E-state index contributed by atoms with van der Waals surface area (Å²) in [5, 5.41) is 3.67. The number of pyridine rings is 1. The Hall–Kier alpha value is -3.78. The molecule has 3 heterocycles. The van der Waals surface area contributed by atoms with Crippen LogP contribution in [0.25, 0.3) is 33.3 Å². The number of hydrogen-bond acceptors (Lipinski definition) is 3. The second-order valence-electron chi connectivity index (χ2n) is 5.77. The highest BCUT2D eigenvalue weighted by atomic mass is 16.3. The van der Waals surface area contributed by atoms with Gasteiger partial charge in [0.2, 0.25) is 0 Å². The lowest BCUT2D eigenvalue weighted by Gasteiger charge is -2.09. The van der Waals surface area contributed by atoms with E-state index in [0.29, 0.717) is 5.56 Å². The van der Waals surface area contributed by atoms with Crippen molar-refractivity contribution < 1.29 is 9.21 Å². The zero-order valence-electron chi connectivity index (χ0n) is 13.8. The number of nitrogens with zero attached hydrogens (tertiary/aromatic N) is 1. The van der Waals surface area contributed by atoms with Gasteiger partial charge >= 0.3 is 0 Å². The molecule has 0 aliphatic carbocycles. The molecule has 0 bridgehead atoms. The van der Waals surface area contributed by atoms with Crippen LogP contribution in [-0.4, -0.2) is 22.4 Å². The lowest BCUT2D eigenvalue weighted by Crippen LogP contribution is -2.24. The fourth-order valence-electron chi connectivity index (χ4n) is 2.97. The minimum absolute atomic E-state index is 0.187. The maximum Gasteiger partial charge on any atom is 0.252 e. The molecular formula is C21H15N3O2. The molecule has 5 nitrogen and oxygen atoms in total. The molecule has 0 aliphatic heterocycles. The van der Waals surface area contributed by atoms with E-state index in [4.69, 9.17) is 10.8 Å². The monoisotopic (exact) mass is 341 g/mol. The van der Waals surface area contributed by atoms with Crippen molar-refractivity contribution >= 4 is 16.9 Å². The van der Waals surface area contributed by atoms with Crippen molar-refractivity contribution in [1.29, 1.82) is 0 Å². The topological polar surface area (TPSA) is 70.9 Å². The van der Waals surface area contributed by atoms with Crippen molar-refractivity contribution in [1.82, 2.24) is 15.3 Å². The summed E-state index contributed by atoms with van der Waals surface area (Å²) in [4.78, 5) is 20.1. The minimum atomic E-state index is -0.206. The van der Waals surface area contributed by atoms with Crippen LogP contribution in [0.3, 0.4) is 0 Å². The number of aromatic amines is 1. The van der Waals surface area contributed by atoms with Gasteiger partial charge in [-0.25, -0.2) is 4.98 Å². The number of aromatic nitrogens is 2. The van der Waals surface area contributed by atoms with Gasteiger partial charge in [0, 0.05) is 40.0 Å². The molecule has 126 valence electrons. The van der Waals surface area contributed by atoms with Gasteiger partial charge in [-0.15, -0.1) is 6.42 Å². The van der Waals surface area contributed by atoms with Crippen LogP contribution < -0.4 is 5.32 Å². The number of hydrogen-bond donors (Lipinski definition) is 2. The fourth-order valence-corrected chi connectivity index (χ4v) is 2.97. The third-order valence-corrected chi connectivity index (χ3v) is 4.20. The Kier molecular flexibility index (Phi) is 4.00. The first-order valence-electron chi connectivity index (χ1n) is 8.08. The van der Waals surface area contributed by atoms with Gasteiger partial charge in [0.05, 0.1) is 19.1 Å². The van der Waals surface area contributed by atoms with Crippen LogP contribution in [0.15, 0.2) is 65.7 Å². The van der Waals surface area contributed by atoms with Crippen LogP contribution in [0.1, 0.15) is 10.4 Å². The average Bonchev–Trinajstić information content (AvgIpc) is 3.34. The van der Waals surface area contributed by atoms with Crippen LogP contribution in [0.2, 0.25) is 0 Å². The average molecular weight is 341 g/mol. The van der Waals surface area contributed by atoms with Crippen molar-refractivity contribution in [3.05, 3.63) is 66.9 Å². The van der Waals surface area contributed by atoms with Gasteiger partial charge in [0.15, 0.2) is 0 Å². The first-order chi connectivity index (χ1) is 12.8. The number of H-pyrrole nitrogens is 1. The molecule has 0 saturated carbocycles. The standard InChI is InChI=1S/C21H15N3O2/c1-2-8-22-21(25)17-6-4-3-5-16(17)15-10-18-19(14-7-9-26-13-14)12-24-20(18)23-11-15/h1,3-7,9-13H,8H2,(H,22,25)(H,23,24). The van der Waals surface area contributed by atoms with E-state index < -0.39 is 0 Å². The van der Waals surface area contributed by atoms with E-state index in [1.807, 2.05) is 36.5 Å². The van der Waals surface area contributed by atoms with Crippen LogP contribution in [0.4, 0.5) is 0 Å². The molecular weight excluding hydrogens is 326 g/mol. The van der Waals surface area contributed by atoms with Crippen LogP contribution >= 0.6 is 0 Å². The first kappa shape index (κ1) is 15.7. The number of rotatable bonds is 4. The van der Waals surface area contributed by atoms with E-state index in [1.165, 1.54) is 0 Å². The Morgan fingerprint density at radius 2 is 2.12 bits per heavy atom. The maximum atomic E-state index is 12.4. The van der Waals surface area contributed by atoms with Gasteiger partial charge in [-0.05, 0) is 23.8 Å². The molecule has 0 saturated heterocycles. The van der Waals surface area contributed by atoms with Gasteiger partial charge in [-0.3, -0.25) is 4.79 Å². The second-order valence-corrected chi connectivity index (χ2v) is 5.77. The van der Waals surface area contributed by atoms with E-state index >= 15 is 0 Å². The second kappa shape index (κ2) is 6.61. The molecule has 0 spiro atoms. The van der Waals surface area contributed by atoms with Crippen LogP contribution in [0, 0.1) is 12.3 Å². The number of carbonyl (C=O) groups excluding carboxylic acids is 1. The van der Waals surface area contributed by atoms with Crippen molar-refractivity contribution in [2.45, 2.75) is 0 Å². The number of nitrogens with one attached hydrogen (secondary N) is 2. The number of fused-ring (bicyclic) bond motifs is 1. The Morgan fingerprint density at radius 3 is 2.92 bits per heavy atom. The molecule has 5 heteroatoms. The molecule has 0 fully saturated rings. The molecule has 2 N–H and O–H groups in total. The molecule has 4 rings (SSSR count). The zero-order valence-corrected chi connectivity index (χ0v) is 13.8. The van der Waals surface area contributed by atoms with Crippen LogP contribution in [-0.2, 0) is 0 Å². The van der Waals surface area contributed by atoms with Gasteiger partial charge in [0.1, 0.15) is 5.65 Å². The zero-order chi connectivity index (χ0) is 17.9. The minimum Gasteiger partial charge on any atom is -0.472 e. The molecule has 3 aromatic heterocycles. The van der Waals surface area contributed by atoms with Crippen molar-refractivity contribution in [3.63, 3.8) is 0 Å². The predicted molar refractivity (Wildman–Crippen MR) is 100 cm³/mol. The third-order valence-electron chi connectivity index (χ3n) is 4.20. The van der Waals surface area contributed by atoms with E-state index in [2.05, 4.69) is 21.2 Å². The summed E-state index contributed by atoms with van der Waals surface area (Å²) in [7, 11) is 0. The van der Waals surface area contributed by atoms with Gasteiger partial charge in [0.25, 0.3) is 5.91 Å². The van der Waals surface area contributed by atoms with Gasteiger partial charge in [-0.2, -0.15) is 0 Å². The Bertz CT molecular complexity index is 1120. The first-order valence-corrected chi connectivity index (χ1v) is 8.08. The van der Waals surface area contributed by atoms with Crippen LogP contribution in [0.5, 0.6) is 0 Å². The third kappa shape index (κ3) is 2.74. The lowest BCUT2D eigenvalue weighted by atomic mass is 9.99. The quantitative estimate of drug-likeness (QED) is 0.554. The highest BCUT2D eigenvalue weighted by molar-refractivity contribution is 6.02. The van der Waals surface area contributed by atoms with E-state index in [1.54, 1.807) is 24.8 Å². The largest absolute Gasteiger partial charge is 0.472 e. The molecule has 4 aromatic rings. The highest BCUT2D eigenvalue weighted by Crippen LogP contribution is 2.32. The van der Waals surface area contributed by atoms with Gasteiger partial charge < -0.3 is 14.7 Å². The van der Waals surface area contributed by atoms with E-state index in [-0.39, 0.29) is 12.5 Å². The molecule has 1 aromatic carbocycles. The lowest BCUT2D eigenvalue weighted by molar-refractivity contribution is 0.0959. The van der Waals surface area contributed by atoms with Crippen molar-refractivity contribution in [2.75, 3.05) is 6.54 Å². The highest BCUT2D eigenvalue weighted by Gasteiger charge is 2.14. The molecule has 26 heavy (non-hydrogen) atoms. The SMILES string of the molecule is C#CCNC(=O)c1ccccc1-c1cnc2[nH]cc(-c3ccoc3)c2c1. The maximum absolute atomic E-state index is 12.4. The summed E-state index contributed by atoms with van der Waals surface area (Å²) in [5.74, 6) is 2.21. The number of terminal acetylenes is 1.